The molecule has 1 amide bonds. The zero-order chi connectivity index (χ0) is 18.6. The molecule has 0 atom stereocenters. The van der Waals surface area contributed by atoms with Gasteiger partial charge in [0.05, 0.1) is 0 Å². The molecule has 6 heteroatoms. The van der Waals surface area contributed by atoms with E-state index in [0.29, 0.717) is 36.1 Å². The van der Waals surface area contributed by atoms with Gasteiger partial charge in [-0.15, -0.1) is 0 Å². The molecule has 0 spiro atoms. The highest BCUT2D eigenvalue weighted by molar-refractivity contribution is 6.03. The predicted octanol–water partition coefficient (Wildman–Crippen LogP) is 4.16. The monoisotopic (exact) mass is 361 g/mol. The molecule has 1 aromatic heterocycles. The quantitative estimate of drug-likeness (QED) is 0.730. The van der Waals surface area contributed by atoms with Gasteiger partial charge in [0.1, 0.15) is 18.9 Å². The van der Waals surface area contributed by atoms with E-state index in [2.05, 4.69) is 15.6 Å². The number of amides is 1. The maximum absolute atomic E-state index is 12.6. The average Bonchev–Trinajstić information content (AvgIpc) is 2.70. The maximum atomic E-state index is 12.6. The zero-order valence-electron chi connectivity index (χ0n) is 14.9. The molecule has 2 aromatic carbocycles. The Morgan fingerprint density at radius 3 is 2.63 bits per heavy atom. The van der Waals surface area contributed by atoms with Gasteiger partial charge in [0.15, 0.2) is 11.5 Å². The van der Waals surface area contributed by atoms with Crippen molar-refractivity contribution in [1.29, 1.82) is 0 Å². The van der Waals surface area contributed by atoms with Crippen LogP contribution in [0.3, 0.4) is 0 Å². The molecule has 0 unspecified atom stereocenters. The molecular weight excluding hydrogens is 342 g/mol. The van der Waals surface area contributed by atoms with Crippen LogP contribution in [0.15, 0.2) is 60.8 Å². The fraction of sp³-hybridized carbons (Fsp3) is 0.143. The summed E-state index contributed by atoms with van der Waals surface area (Å²) in [7, 11) is 0. The van der Waals surface area contributed by atoms with E-state index in [0.717, 1.165) is 16.9 Å². The van der Waals surface area contributed by atoms with Gasteiger partial charge in [0, 0.05) is 29.3 Å². The summed E-state index contributed by atoms with van der Waals surface area (Å²) in [5, 5.41) is 6.16. The van der Waals surface area contributed by atoms with Crippen LogP contribution in [0.5, 0.6) is 11.5 Å². The molecule has 4 rings (SSSR count). The summed E-state index contributed by atoms with van der Waals surface area (Å²) in [6.07, 6.45) is 1.61. The fourth-order valence-corrected chi connectivity index (χ4v) is 2.82. The minimum absolute atomic E-state index is 0.292. The molecule has 6 nitrogen and oxygen atoms in total. The summed E-state index contributed by atoms with van der Waals surface area (Å²) in [4.78, 5) is 16.8. The van der Waals surface area contributed by atoms with Crippen molar-refractivity contribution >= 4 is 23.0 Å². The highest BCUT2D eigenvalue weighted by Gasteiger charge is 2.14. The topological polar surface area (TPSA) is 72.5 Å². The third-order valence-electron chi connectivity index (χ3n) is 4.22. The van der Waals surface area contributed by atoms with Gasteiger partial charge in [-0.1, -0.05) is 18.2 Å². The van der Waals surface area contributed by atoms with Crippen LogP contribution in [0.2, 0.25) is 0 Å². The molecule has 0 fully saturated rings. The predicted molar refractivity (Wildman–Crippen MR) is 104 cm³/mol. The Morgan fingerprint density at radius 2 is 1.78 bits per heavy atom. The molecule has 136 valence electrons. The summed E-state index contributed by atoms with van der Waals surface area (Å²) in [6, 6.07) is 16.8. The molecule has 0 aliphatic carbocycles. The number of nitrogens with one attached hydrogen (secondary N) is 2. The minimum atomic E-state index is -0.292. The van der Waals surface area contributed by atoms with Crippen LogP contribution in [0.1, 0.15) is 16.1 Å². The SMILES string of the molecule is Cc1ccccc1Nc1ccnc(C(=O)Nc2ccc3c(c2)OCCO3)c1. The van der Waals surface area contributed by atoms with Gasteiger partial charge in [-0.25, -0.2) is 0 Å². The maximum Gasteiger partial charge on any atom is 0.274 e. The third kappa shape index (κ3) is 3.84. The van der Waals surface area contributed by atoms with Gasteiger partial charge in [-0.2, -0.15) is 0 Å². The van der Waals surface area contributed by atoms with E-state index in [1.165, 1.54) is 0 Å². The van der Waals surface area contributed by atoms with Crippen LogP contribution in [-0.4, -0.2) is 24.1 Å². The summed E-state index contributed by atoms with van der Waals surface area (Å²) in [5.74, 6) is 1.02. The number of rotatable bonds is 4. The number of hydrogen-bond donors (Lipinski definition) is 2. The second-order valence-electron chi connectivity index (χ2n) is 6.18. The Labute approximate surface area is 157 Å². The molecule has 0 radical (unpaired) electrons. The molecule has 1 aliphatic heterocycles. The number of ether oxygens (including phenoxy) is 2. The lowest BCUT2D eigenvalue weighted by Crippen LogP contribution is -2.17. The summed E-state index contributed by atoms with van der Waals surface area (Å²) >= 11 is 0. The number of nitrogens with zero attached hydrogens (tertiary/aromatic N) is 1. The number of hydrogen-bond acceptors (Lipinski definition) is 5. The number of pyridine rings is 1. The van der Waals surface area contributed by atoms with Crippen LogP contribution >= 0.6 is 0 Å². The Kier molecular flexibility index (Phi) is 4.61. The molecule has 2 heterocycles. The Hall–Kier alpha value is -3.54. The van der Waals surface area contributed by atoms with Gasteiger partial charge >= 0.3 is 0 Å². The first-order chi connectivity index (χ1) is 13.2. The number of para-hydroxylation sites is 1. The molecule has 0 saturated heterocycles. The normalized spacial score (nSPS) is 12.3. The summed E-state index contributed by atoms with van der Waals surface area (Å²) in [6.45, 7) is 3.06. The summed E-state index contributed by atoms with van der Waals surface area (Å²) in [5.41, 5.74) is 3.86. The van der Waals surface area contributed by atoms with E-state index < -0.39 is 0 Å². The third-order valence-corrected chi connectivity index (χ3v) is 4.22. The van der Waals surface area contributed by atoms with E-state index in [9.17, 15) is 4.79 Å². The van der Waals surface area contributed by atoms with Crippen molar-refractivity contribution in [2.45, 2.75) is 6.92 Å². The smallest absolute Gasteiger partial charge is 0.274 e. The Balaban J connectivity index is 1.50. The van der Waals surface area contributed by atoms with Gasteiger partial charge < -0.3 is 20.1 Å². The number of aromatic nitrogens is 1. The standard InChI is InChI=1S/C21H19N3O3/c1-14-4-2-3-5-17(14)23-16-8-9-22-18(12-16)21(25)24-15-6-7-19-20(13-15)27-11-10-26-19/h2-9,12-13H,10-11H2,1H3,(H,22,23)(H,24,25). The van der Waals surface area contributed by atoms with Gasteiger partial charge in [-0.05, 0) is 42.8 Å². The molecule has 1 aliphatic rings. The highest BCUT2D eigenvalue weighted by atomic mass is 16.6. The first-order valence-corrected chi connectivity index (χ1v) is 8.69. The zero-order valence-corrected chi connectivity index (χ0v) is 14.9. The lowest BCUT2D eigenvalue weighted by Gasteiger charge is -2.19. The van der Waals surface area contributed by atoms with E-state index in [1.807, 2.05) is 37.3 Å². The first kappa shape index (κ1) is 16.9. The highest BCUT2D eigenvalue weighted by Crippen LogP contribution is 2.32. The summed E-state index contributed by atoms with van der Waals surface area (Å²) < 4.78 is 11.0. The van der Waals surface area contributed by atoms with E-state index in [1.54, 1.807) is 30.5 Å². The largest absolute Gasteiger partial charge is 0.486 e. The molecule has 27 heavy (non-hydrogen) atoms. The second-order valence-corrected chi connectivity index (χ2v) is 6.18. The second kappa shape index (κ2) is 7.37. The average molecular weight is 361 g/mol. The van der Waals surface area contributed by atoms with Crippen LogP contribution in [0.25, 0.3) is 0 Å². The number of benzene rings is 2. The molecule has 2 N–H and O–H groups in total. The van der Waals surface area contributed by atoms with Crippen LogP contribution < -0.4 is 20.1 Å². The van der Waals surface area contributed by atoms with Crippen LogP contribution in [0.4, 0.5) is 17.1 Å². The van der Waals surface area contributed by atoms with Gasteiger partial charge in [0.25, 0.3) is 5.91 Å². The Bertz CT molecular complexity index is 988. The number of aryl methyl sites for hydroxylation is 1. The molecule has 0 bridgehead atoms. The van der Waals surface area contributed by atoms with Gasteiger partial charge in [0.2, 0.25) is 0 Å². The van der Waals surface area contributed by atoms with Crippen LogP contribution in [0, 0.1) is 6.92 Å². The van der Waals surface area contributed by atoms with E-state index in [-0.39, 0.29) is 5.91 Å². The van der Waals surface area contributed by atoms with Crippen molar-refractivity contribution in [3.05, 3.63) is 72.1 Å². The van der Waals surface area contributed by atoms with Crippen molar-refractivity contribution in [3.8, 4) is 11.5 Å². The van der Waals surface area contributed by atoms with Crippen molar-refractivity contribution in [2.75, 3.05) is 23.8 Å². The molecular formula is C21H19N3O3. The molecule has 0 saturated carbocycles. The lowest BCUT2D eigenvalue weighted by atomic mass is 10.2. The van der Waals surface area contributed by atoms with Crippen molar-refractivity contribution in [3.63, 3.8) is 0 Å². The number of fused-ring (bicyclic) bond motifs is 1. The van der Waals surface area contributed by atoms with Crippen molar-refractivity contribution in [1.82, 2.24) is 4.98 Å². The minimum Gasteiger partial charge on any atom is -0.486 e. The number of carbonyl (C=O) groups excluding carboxylic acids is 1. The lowest BCUT2D eigenvalue weighted by molar-refractivity contribution is 0.102. The van der Waals surface area contributed by atoms with E-state index >= 15 is 0 Å². The van der Waals surface area contributed by atoms with Gasteiger partial charge in [-0.3, -0.25) is 9.78 Å². The first-order valence-electron chi connectivity index (χ1n) is 8.69. The van der Waals surface area contributed by atoms with Crippen LogP contribution in [-0.2, 0) is 0 Å². The van der Waals surface area contributed by atoms with E-state index in [4.69, 9.17) is 9.47 Å². The Morgan fingerprint density at radius 1 is 0.963 bits per heavy atom. The van der Waals surface area contributed by atoms with Crippen molar-refractivity contribution in [2.24, 2.45) is 0 Å². The number of carbonyl (C=O) groups is 1. The molecule has 3 aromatic rings. The fourth-order valence-electron chi connectivity index (χ4n) is 2.82. The van der Waals surface area contributed by atoms with Crippen molar-refractivity contribution < 1.29 is 14.3 Å². The number of anilines is 3.